The van der Waals surface area contributed by atoms with Crippen LogP contribution >= 0.6 is 0 Å². The van der Waals surface area contributed by atoms with Gasteiger partial charge in [0.25, 0.3) is 0 Å². The van der Waals surface area contributed by atoms with E-state index in [1.807, 2.05) is 0 Å². The van der Waals surface area contributed by atoms with Crippen molar-refractivity contribution in [1.29, 1.82) is 0 Å². The van der Waals surface area contributed by atoms with Gasteiger partial charge in [-0.05, 0) is 17.2 Å². The molecule has 0 unspecified atom stereocenters. The Kier molecular flexibility index (Phi) is 5.64. The summed E-state index contributed by atoms with van der Waals surface area (Å²) in [4.78, 5) is 10.8. The summed E-state index contributed by atoms with van der Waals surface area (Å²) in [6, 6.07) is 11.5. The Morgan fingerprint density at radius 3 is 2.61 bits per heavy atom. The van der Waals surface area contributed by atoms with Crippen molar-refractivity contribution in [2.75, 3.05) is 38.7 Å². The average Bonchev–Trinajstić information content (AvgIpc) is 2.73. The lowest BCUT2D eigenvalue weighted by atomic mass is 10.1. The molecule has 1 aromatic heterocycles. The molecule has 0 radical (unpaired) electrons. The van der Waals surface area contributed by atoms with E-state index in [2.05, 4.69) is 44.5 Å². The quantitative estimate of drug-likeness (QED) is 0.706. The van der Waals surface area contributed by atoms with E-state index in [1.54, 1.807) is 6.07 Å². The van der Waals surface area contributed by atoms with Crippen molar-refractivity contribution < 1.29 is 13.9 Å². The minimum atomic E-state index is -0.435. The highest BCUT2D eigenvalue weighted by Crippen LogP contribution is 2.27. The first kappa shape index (κ1) is 18.6. The first-order valence-electron chi connectivity index (χ1n) is 9.33. The highest BCUT2D eigenvalue weighted by Gasteiger charge is 2.11. The summed E-state index contributed by atoms with van der Waals surface area (Å²) in [6.45, 7) is 5.14. The molecule has 6 nitrogen and oxygen atoms in total. The lowest BCUT2D eigenvalue weighted by Gasteiger charge is -2.26. The Hall–Kier alpha value is -2.77. The predicted molar refractivity (Wildman–Crippen MR) is 106 cm³/mol. The van der Waals surface area contributed by atoms with Crippen LogP contribution < -0.4 is 10.1 Å². The number of hydrogen-bond acceptors (Lipinski definition) is 6. The molecule has 1 saturated heterocycles. The summed E-state index contributed by atoms with van der Waals surface area (Å²) >= 11 is 0. The molecule has 4 rings (SSSR count). The van der Waals surface area contributed by atoms with E-state index in [1.165, 1.54) is 25.1 Å². The molecule has 0 amide bonds. The third-order valence-corrected chi connectivity index (χ3v) is 4.90. The van der Waals surface area contributed by atoms with Gasteiger partial charge in [0, 0.05) is 37.6 Å². The topological polar surface area (TPSA) is 59.5 Å². The van der Waals surface area contributed by atoms with Crippen LogP contribution in [-0.4, -0.2) is 48.3 Å². The number of hydrogen-bond donors (Lipinski definition) is 1. The minimum Gasteiger partial charge on any atom is -0.494 e. The van der Waals surface area contributed by atoms with Gasteiger partial charge in [-0.1, -0.05) is 24.3 Å². The zero-order valence-corrected chi connectivity index (χ0v) is 15.8. The van der Waals surface area contributed by atoms with Crippen LogP contribution in [-0.2, 0) is 17.8 Å². The summed E-state index contributed by atoms with van der Waals surface area (Å²) in [6.07, 6.45) is 1.43. The number of nitrogens with zero attached hydrogens (tertiary/aromatic N) is 3. The van der Waals surface area contributed by atoms with Gasteiger partial charge in [-0.2, -0.15) is 0 Å². The zero-order valence-electron chi connectivity index (χ0n) is 15.8. The number of ether oxygens (including phenoxy) is 2. The van der Waals surface area contributed by atoms with Gasteiger partial charge in [0.2, 0.25) is 0 Å². The number of rotatable bonds is 6. The molecule has 2 heterocycles. The summed E-state index contributed by atoms with van der Waals surface area (Å²) in [5.41, 5.74) is 2.97. The molecule has 1 aliphatic heterocycles. The standard InChI is InChI=1S/C21H23FN4O2/c1-27-20-10-17-19(11-18(20)22)24-14-25-21(17)23-12-15-2-4-16(5-3-15)13-26-6-8-28-9-7-26/h2-5,10-11,14H,6-9,12-13H2,1H3,(H,23,24,25). The summed E-state index contributed by atoms with van der Waals surface area (Å²) in [5, 5.41) is 4.05. The van der Waals surface area contributed by atoms with Crippen LogP contribution in [0.15, 0.2) is 42.7 Å². The first-order chi connectivity index (χ1) is 13.7. The normalized spacial score (nSPS) is 14.9. The Morgan fingerprint density at radius 2 is 1.86 bits per heavy atom. The number of aromatic nitrogens is 2. The van der Waals surface area contributed by atoms with Gasteiger partial charge < -0.3 is 14.8 Å². The second-order valence-electron chi connectivity index (χ2n) is 6.78. The minimum absolute atomic E-state index is 0.179. The monoisotopic (exact) mass is 382 g/mol. The predicted octanol–water partition coefficient (Wildman–Crippen LogP) is 3.22. The van der Waals surface area contributed by atoms with Crippen molar-refractivity contribution in [2.45, 2.75) is 13.1 Å². The first-order valence-corrected chi connectivity index (χ1v) is 9.33. The van der Waals surface area contributed by atoms with Crippen molar-refractivity contribution in [2.24, 2.45) is 0 Å². The fraction of sp³-hybridized carbons (Fsp3) is 0.333. The summed E-state index contributed by atoms with van der Waals surface area (Å²) in [5.74, 6) is 0.397. The molecule has 0 aliphatic carbocycles. The molecule has 146 valence electrons. The third-order valence-electron chi connectivity index (χ3n) is 4.90. The number of morpholine rings is 1. The lowest BCUT2D eigenvalue weighted by Crippen LogP contribution is -2.35. The number of fused-ring (bicyclic) bond motifs is 1. The van der Waals surface area contributed by atoms with Gasteiger partial charge >= 0.3 is 0 Å². The van der Waals surface area contributed by atoms with Crippen LogP contribution in [0.4, 0.5) is 10.2 Å². The molecular formula is C21H23FN4O2. The molecule has 2 aromatic carbocycles. The maximum absolute atomic E-state index is 13.9. The SMILES string of the molecule is COc1cc2c(NCc3ccc(CN4CCOCC4)cc3)ncnc2cc1F. The van der Waals surface area contributed by atoms with E-state index < -0.39 is 5.82 Å². The smallest absolute Gasteiger partial charge is 0.167 e. The lowest BCUT2D eigenvalue weighted by molar-refractivity contribution is 0.0342. The van der Waals surface area contributed by atoms with Gasteiger partial charge in [0.05, 0.1) is 25.8 Å². The van der Waals surface area contributed by atoms with Crippen molar-refractivity contribution in [3.05, 3.63) is 59.7 Å². The van der Waals surface area contributed by atoms with E-state index in [9.17, 15) is 4.39 Å². The number of halogens is 1. The van der Waals surface area contributed by atoms with E-state index >= 15 is 0 Å². The van der Waals surface area contributed by atoms with Gasteiger partial charge in [-0.15, -0.1) is 0 Å². The average molecular weight is 382 g/mol. The Bertz CT molecular complexity index is 943. The Balaban J connectivity index is 1.44. The molecule has 28 heavy (non-hydrogen) atoms. The van der Waals surface area contributed by atoms with Crippen molar-refractivity contribution in [1.82, 2.24) is 14.9 Å². The number of benzene rings is 2. The highest BCUT2D eigenvalue weighted by molar-refractivity contribution is 5.90. The molecular weight excluding hydrogens is 359 g/mol. The van der Waals surface area contributed by atoms with Crippen molar-refractivity contribution >= 4 is 16.7 Å². The molecule has 0 atom stereocenters. The van der Waals surface area contributed by atoms with E-state index in [-0.39, 0.29) is 5.75 Å². The third kappa shape index (κ3) is 4.21. The fourth-order valence-corrected chi connectivity index (χ4v) is 3.32. The van der Waals surface area contributed by atoms with Gasteiger partial charge in [-0.25, -0.2) is 14.4 Å². The van der Waals surface area contributed by atoms with Crippen LogP contribution in [0, 0.1) is 5.82 Å². The van der Waals surface area contributed by atoms with Crippen LogP contribution in [0.5, 0.6) is 5.75 Å². The molecule has 7 heteroatoms. The highest BCUT2D eigenvalue weighted by atomic mass is 19.1. The summed E-state index contributed by atoms with van der Waals surface area (Å²) in [7, 11) is 1.44. The van der Waals surface area contributed by atoms with Crippen LogP contribution in [0.2, 0.25) is 0 Å². The van der Waals surface area contributed by atoms with E-state index in [4.69, 9.17) is 9.47 Å². The maximum Gasteiger partial charge on any atom is 0.167 e. The van der Waals surface area contributed by atoms with Crippen molar-refractivity contribution in [3.63, 3.8) is 0 Å². The van der Waals surface area contributed by atoms with Gasteiger partial charge in [-0.3, -0.25) is 4.90 Å². The molecule has 1 aliphatic rings. The Morgan fingerprint density at radius 1 is 1.11 bits per heavy atom. The van der Waals surface area contributed by atoms with E-state index in [0.29, 0.717) is 17.9 Å². The maximum atomic E-state index is 13.9. The molecule has 3 aromatic rings. The fourth-order valence-electron chi connectivity index (χ4n) is 3.32. The zero-order chi connectivity index (χ0) is 19.3. The molecule has 1 N–H and O–H groups in total. The molecule has 1 fully saturated rings. The van der Waals surface area contributed by atoms with Gasteiger partial charge in [0.15, 0.2) is 11.6 Å². The molecule has 0 bridgehead atoms. The molecule has 0 saturated carbocycles. The summed E-state index contributed by atoms with van der Waals surface area (Å²) < 4.78 is 24.4. The molecule has 0 spiro atoms. The van der Waals surface area contributed by atoms with Gasteiger partial charge in [0.1, 0.15) is 12.1 Å². The number of methoxy groups -OCH3 is 1. The van der Waals surface area contributed by atoms with E-state index in [0.717, 1.165) is 43.8 Å². The second kappa shape index (κ2) is 8.50. The van der Waals surface area contributed by atoms with Crippen LogP contribution in [0.3, 0.4) is 0 Å². The number of anilines is 1. The largest absolute Gasteiger partial charge is 0.494 e. The number of nitrogens with one attached hydrogen (secondary N) is 1. The van der Waals surface area contributed by atoms with Crippen molar-refractivity contribution in [3.8, 4) is 5.75 Å². The van der Waals surface area contributed by atoms with Crippen LogP contribution in [0.1, 0.15) is 11.1 Å². The second-order valence-corrected chi connectivity index (χ2v) is 6.78. The van der Waals surface area contributed by atoms with Crippen LogP contribution in [0.25, 0.3) is 10.9 Å². The Labute approximate surface area is 163 Å².